The molecule has 1 aromatic carbocycles. The molecule has 0 spiro atoms. The minimum absolute atomic E-state index is 0.207. The Balaban J connectivity index is 1.95. The van der Waals surface area contributed by atoms with Gasteiger partial charge in [-0.1, -0.05) is 17.4 Å². The van der Waals surface area contributed by atoms with Gasteiger partial charge in [0.05, 0.1) is 47.9 Å². The lowest BCUT2D eigenvalue weighted by Crippen LogP contribution is -2.40. The summed E-state index contributed by atoms with van der Waals surface area (Å²) in [6.07, 6.45) is 3.22. The highest BCUT2D eigenvalue weighted by Crippen LogP contribution is 2.36. The Hall–Kier alpha value is -3.59. The van der Waals surface area contributed by atoms with Crippen molar-refractivity contribution in [2.45, 2.75) is 33.7 Å². The lowest BCUT2D eigenvalue weighted by atomic mass is 9.95. The Labute approximate surface area is 200 Å². The zero-order valence-electron chi connectivity index (χ0n) is 19.5. The maximum absolute atomic E-state index is 13.5. The third kappa shape index (κ3) is 4.43. The summed E-state index contributed by atoms with van der Waals surface area (Å²) in [5.74, 6) is 1.18. The number of benzene rings is 1. The average molecular weight is 483 g/mol. The maximum atomic E-state index is 13.5. The summed E-state index contributed by atoms with van der Waals surface area (Å²) in [5, 5.41) is 0. The van der Waals surface area contributed by atoms with Crippen molar-refractivity contribution in [1.82, 2.24) is 4.57 Å². The van der Waals surface area contributed by atoms with E-state index in [0.717, 1.165) is 0 Å². The van der Waals surface area contributed by atoms with Crippen molar-refractivity contribution in [3.63, 3.8) is 0 Å². The number of furan rings is 1. The summed E-state index contributed by atoms with van der Waals surface area (Å²) in [5.41, 5.74) is 1.23. The van der Waals surface area contributed by atoms with E-state index in [1.54, 1.807) is 50.5 Å². The van der Waals surface area contributed by atoms with E-state index in [0.29, 0.717) is 56.6 Å². The Morgan fingerprint density at radius 1 is 1.15 bits per heavy atom. The molecule has 4 rings (SSSR count). The standard InChI is InChI=1S/C25H26N2O6S/c1-5-30-18-11-10-16(13-19(18)31-6-2)22-21(24(29)32-7-3)15(4)26-25-27(22)23(28)20(34-25)14-17-9-8-12-33-17/h8-14,22H,5-7H2,1-4H3/b20-14+. The Morgan fingerprint density at radius 3 is 2.59 bits per heavy atom. The first-order valence-corrected chi connectivity index (χ1v) is 11.9. The molecule has 0 saturated heterocycles. The number of nitrogens with zero attached hydrogens (tertiary/aromatic N) is 2. The molecule has 3 aromatic rings. The van der Waals surface area contributed by atoms with Gasteiger partial charge in [-0.05, 0) is 57.5 Å². The van der Waals surface area contributed by atoms with Crippen LogP contribution >= 0.6 is 11.3 Å². The Bertz CT molecular complexity index is 1400. The minimum atomic E-state index is -0.732. The van der Waals surface area contributed by atoms with Crippen molar-refractivity contribution < 1.29 is 23.4 Å². The van der Waals surface area contributed by atoms with Crippen LogP contribution in [0.1, 0.15) is 45.1 Å². The largest absolute Gasteiger partial charge is 0.490 e. The van der Waals surface area contributed by atoms with Crippen molar-refractivity contribution in [1.29, 1.82) is 0 Å². The minimum Gasteiger partial charge on any atom is -0.490 e. The summed E-state index contributed by atoms with van der Waals surface area (Å²) in [7, 11) is 0. The molecule has 0 aliphatic carbocycles. The fourth-order valence-electron chi connectivity index (χ4n) is 3.85. The fourth-order valence-corrected chi connectivity index (χ4v) is 4.87. The predicted molar refractivity (Wildman–Crippen MR) is 128 cm³/mol. The van der Waals surface area contributed by atoms with Crippen LogP contribution in [0.3, 0.4) is 0 Å². The molecule has 34 heavy (non-hydrogen) atoms. The van der Waals surface area contributed by atoms with E-state index in [1.165, 1.54) is 15.9 Å². The van der Waals surface area contributed by atoms with Crippen LogP contribution in [-0.2, 0) is 9.53 Å². The van der Waals surface area contributed by atoms with Gasteiger partial charge in [0.2, 0.25) is 0 Å². The molecule has 0 saturated carbocycles. The number of aromatic nitrogens is 1. The van der Waals surface area contributed by atoms with Crippen LogP contribution in [0.15, 0.2) is 62.1 Å². The Morgan fingerprint density at radius 2 is 1.91 bits per heavy atom. The van der Waals surface area contributed by atoms with Gasteiger partial charge >= 0.3 is 5.97 Å². The van der Waals surface area contributed by atoms with Crippen molar-refractivity contribution in [3.05, 3.63) is 78.9 Å². The SMILES string of the molecule is CCOC(=O)C1=C(C)N=c2s/c(=C/c3ccco3)c(=O)n2C1c1ccc(OCC)c(OCC)c1. The summed E-state index contributed by atoms with van der Waals surface area (Å²) < 4.78 is 24.2. The number of fused-ring (bicyclic) bond motifs is 1. The summed E-state index contributed by atoms with van der Waals surface area (Å²) in [4.78, 5) is 31.6. The monoisotopic (exact) mass is 482 g/mol. The topological polar surface area (TPSA) is 92.3 Å². The number of carbonyl (C=O) groups is 1. The number of carbonyl (C=O) groups excluding carboxylic acids is 1. The highest BCUT2D eigenvalue weighted by molar-refractivity contribution is 7.07. The van der Waals surface area contributed by atoms with E-state index < -0.39 is 12.0 Å². The van der Waals surface area contributed by atoms with E-state index in [9.17, 15) is 9.59 Å². The van der Waals surface area contributed by atoms with Gasteiger partial charge in [0.15, 0.2) is 16.3 Å². The molecule has 2 aromatic heterocycles. The molecular formula is C25H26N2O6S. The smallest absolute Gasteiger partial charge is 0.338 e. The third-order valence-electron chi connectivity index (χ3n) is 5.22. The van der Waals surface area contributed by atoms with E-state index in [4.69, 9.17) is 18.6 Å². The van der Waals surface area contributed by atoms with Crippen molar-refractivity contribution in [2.75, 3.05) is 19.8 Å². The molecule has 9 heteroatoms. The summed E-state index contributed by atoms with van der Waals surface area (Å²) in [6, 6.07) is 8.22. The maximum Gasteiger partial charge on any atom is 0.338 e. The van der Waals surface area contributed by atoms with Crippen molar-refractivity contribution in [3.8, 4) is 11.5 Å². The Kier molecular flexibility index (Phi) is 7.02. The molecule has 0 bridgehead atoms. The second kappa shape index (κ2) is 10.1. The summed E-state index contributed by atoms with van der Waals surface area (Å²) in [6.45, 7) is 8.40. The van der Waals surface area contributed by atoms with Gasteiger partial charge in [0.1, 0.15) is 5.76 Å². The molecule has 0 fully saturated rings. The second-order valence-electron chi connectivity index (χ2n) is 7.39. The number of hydrogen-bond donors (Lipinski definition) is 0. The van der Waals surface area contributed by atoms with Crippen LogP contribution in [0.25, 0.3) is 6.08 Å². The van der Waals surface area contributed by atoms with Gasteiger partial charge in [-0.15, -0.1) is 0 Å². The molecule has 178 valence electrons. The fraction of sp³-hybridized carbons (Fsp3) is 0.320. The van der Waals surface area contributed by atoms with Crippen LogP contribution in [-0.4, -0.2) is 30.4 Å². The highest BCUT2D eigenvalue weighted by Gasteiger charge is 2.34. The van der Waals surface area contributed by atoms with Gasteiger partial charge in [0, 0.05) is 6.08 Å². The molecule has 8 nitrogen and oxygen atoms in total. The van der Waals surface area contributed by atoms with Gasteiger partial charge in [-0.2, -0.15) is 0 Å². The van der Waals surface area contributed by atoms with E-state index >= 15 is 0 Å². The number of allylic oxidation sites excluding steroid dienone is 1. The van der Waals surface area contributed by atoms with Crippen LogP contribution < -0.4 is 24.4 Å². The number of rotatable bonds is 8. The number of ether oxygens (including phenoxy) is 3. The highest BCUT2D eigenvalue weighted by atomic mass is 32.1. The zero-order chi connectivity index (χ0) is 24.2. The van der Waals surface area contributed by atoms with Gasteiger partial charge < -0.3 is 18.6 Å². The van der Waals surface area contributed by atoms with Gasteiger partial charge in [0.25, 0.3) is 5.56 Å². The molecule has 1 unspecified atom stereocenters. The second-order valence-corrected chi connectivity index (χ2v) is 8.40. The molecule has 1 aliphatic rings. The molecule has 0 N–H and O–H groups in total. The molecule has 1 atom stereocenters. The van der Waals surface area contributed by atoms with E-state index in [1.807, 2.05) is 19.9 Å². The number of esters is 1. The van der Waals surface area contributed by atoms with E-state index in [-0.39, 0.29) is 12.2 Å². The first-order chi connectivity index (χ1) is 16.5. The van der Waals surface area contributed by atoms with Gasteiger partial charge in [-0.25, -0.2) is 9.79 Å². The number of hydrogen-bond acceptors (Lipinski definition) is 8. The van der Waals surface area contributed by atoms with Crippen molar-refractivity contribution in [2.24, 2.45) is 4.99 Å². The first kappa shape index (κ1) is 23.6. The quantitative estimate of drug-likeness (QED) is 0.458. The molecule has 1 aliphatic heterocycles. The van der Waals surface area contributed by atoms with Gasteiger partial charge in [-0.3, -0.25) is 9.36 Å². The average Bonchev–Trinajstić information content (AvgIpc) is 3.43. The van der Waals surface area contributed by atoms with Crippen LogP contribution in [0.2, 0.25) is 0 Å². The lowest BCUT2D eigenvalue weighted by Gasteiger charge is -2.25. The van der Waals surface area contributed by atoms with Crippen LogP contribution in [0, 0.1) is 0 Å². The van der Waals surface area contributed by atoms with Crippen molar-refractivity contribution >= 4 is 23.4 Å². The molecular weight excluding hydrogens is 456 g/mol. The normalized spacial score (nSPS) is 15.6. The molecule has 3 heterocycles. The molecule has 0 amide bonds. The third-order valence-corrected chi connectivity index (χ3v) is 6.20. The first-order valence-electron chi connectivity index (χ1n) is 11.1. The zero-order valence-corrected chi connectivity index (χ0v) is 20.3. The summed E-state index contributed by atoms with van der Waals surface area (Å²) >= 11 is 1.24. The van der Waals surface area contributed by atoms with Crippen LogP contribution in [0.5, 0.6) is 11.5 Å². The van der Waals surface area contributed by atoms with E-state index in [2.05, 4.69) is 4.99 Å². The lowest BCUT2D eigenvalue weighted by molar-refractivity contribution is -0.139. The predicted octanol–water partition coefficient (Wildman–Crippen LogP) is 3.19. The van der Waals surface area contributed by atoms with Crippen LogP contribution in [0.4, 0.5) is 0 Å². The molecule has 0 radical (unpaired) electrons. The number of thiazole rings is 1.